The van der Waals surface area contributed by atoms with Crippen LogP contribution in [0.3, 0.4) is 0 Å². The molecule has 0 spiro atoms. The number of fused-ring (bicyclic) bond motifs is 1. The third-order valence-electron chi connectivity index (χ3n) is 3.75. The van der Waals surface area contributed by atoms with Crippen LogP contribution in [0.5, 0.6) is 5.75 Å². The molecule has 144 valence electrons. The van der Waals surface area contributed by atoms with E-state index >= 15 is 0 Å². The van der Waals surface area contributed by atoms with E-state index in [1.165, 1.54) is 17.4 Å². The molecule has 1 amide bonds. The molecule has 3 rings (SSSR count). The van der Waals surface area contributed by atoms with Gasteiger partial charge in [-0.2, -0.15) is 0 Å². The van der Waals surface area contributed by atoms with Crippen LogP contribution in [-0.4, -0.2) is 30.1 Å². The molecular formula is C21H20N2O4S. The van der Waals surface area contributed by atoms with Gasteiger partial charge in [0.1, 0.15) is 5.75 Å². The fourth-order valence-corrected chi connectivity index (χ4v) is 3.39. The van der Waals surface area contributed by atoms with Gasteiger partial charge in [-0.25, -0.2) is 9.78 Å². The molecule has 0 unspecified atom stereocenters. The molecule has 0 aliphatic carbocycles. The lowest BCUT2D eigenvalue weighted by molar-refractivity contribution is -0.111. The van der Waals surface area contributed by atoms with Gasteiger partial charge >= 0.3 is 5.97 Å². The van der Waals surface area contributed by atoms with E-state index in [4.69, 9.17) is 9.47 Å². The van der Waals surface area contributed by atoms with Crippen LogP contribution in [0.15, 0.2) is 48.5 Å². The van der Waals surface area contributed by atoms with Gasteiger partial charge < -0.3 is 9.47 Å². The normalized spacial score (nSPS) is 10.9. The second kappa shape index (κ2) is 9.14. The standard InChI is InChI=1S/C21H20N2O4S/c1-3-26-16-9-5-14(6-10-16)7-12-19(24)23-21-22-17-11-8-15(13-18(17)28-21)20(25)27-4-2/h5-13H,3-4H2,1-2H3,(H,22,23,24)/b12-7+. The first-order chi connectivity index (χ1) is 13.6. The lowest BCUT2D eigenvalue weighted by atomic mass is 10.2. The molecule has 1 N–H and O–H groups in total. The number of hydrogen-bond acceptors (Lipinski definition) is 6. The molecule has 6 nitrogen and oxygen atoms in total. The summed E-state index contributed by atoms with van der Waals surface area (Å²) in [4.78, 5) is 28.4. The fraction of sp³-hybridized carbons (Fsp3) is 0.190. The van der Waals surface area contributed by atoms with Crippen molar-refractivity contribution >= 4 is 44.6 Å². The van der Waals surface area contributed by atoms with Crippen LogP contribution < -0.4 is 10.1 Å². The van der Waals surface area contributed by atoms with Gasteiger partial charge in [0.05, 0.1) is 29.0 Å². The highest BCUT2D eigenvalue weighted by Gasteiger charge is 2.11. The smallest absolute Gasteiger partial charge is 0.338 e. The molecule has 0 atom stereocenters. The molecule has 0 bridgehead atoms. The number of nitrogens with zero attached hydrogens (tertiary/aromatic N) is 1. The SMILES string of the molecule is CCOC(=O)c1ccc2nc(NC(=O)/C=C/c3ccc(OCC)cc3)sc2c1. The van der Waals surface area contributed by atoms with Crippen LogP contribution in [0, 0.1) is 0 Å². The minimum Gasteiger partial charge on any atom is -0.494 e. The largest absolute Gasteiger partial charge is 0.494 e. The zero-order valence-electron chi connectivity index (χ0n) is 15.6. The number of nitrogens with one attached hydrogen (secondary N) is 1. The summed E-state index contributed by atoms with van der Waals surface area (Å²) in [5.74, 6) is 0.140. The minimum atomic E-state index is -0.373. The summed E-state index contributed by atoms with van der Waals surface area (Å²) in [5.41, 5.74) is 2.07. The number of aromatic nitrogens is 1. The lowest BCUT2D eigenvalue weighted by Crippen LogP contribution is -2.07. The molecule has 3 aromatic rings. The summed E-state index contributed by atoms with van der Waals surface area (Å²) in [7, 11) is 0. The van der Waals surface area contributed by atoms with E-state index in [1.54, 1.807) is 31.2 Å². The van der Waals surface area contributed by atoms with Gasteiger partial charge in [0.25, 0.3) is 0 Å². The summed E-state index contributed by atoms with van der Waals surface area (Å²) in [5, 5.41) is 3.22. The highest BCUT2D eigenvalue weighted by atomic mass is 32.1. The average Bonchev–Trinajstić information content (AvgIpc) is 3.09. The molecule has 7 heteroatoms. The Morgan fingerprint density at radius 2 is 1.89 bits per heavy atom. The number of anilines is 1. The van der Waals surface area contributed by atoms with Gasteiger partial charge in [0.2, 0.25) is 5.91 Å². The number of carbonyl (C=O) groups is 2. The Balaban J connectivity index is 1.66. The van der Waals surface area contributed by atoms with Gasteiger partial charge in [0.15, 0.2) is 5.13 Å². The molecule has 0 radical (unpaired) electrons. The Bertz CT molecular complexity index is 1010. The van der Waals surface area contributed by atoms with Crippen molar-refractivity contribution in [1.29, 1.82) is 0 Å². The Hall–Kier alpha value is -3.19. The zero-order chi connectivity index (χ0) is 19.9. The monoisotopic (exact) mass is 396 g/mol. The number of hydrogen-bond donors (Lipinski definition) is 1. The van der Waals surface area contributed by atoms with Crippen molar-refractivity contribution in [2.24, 2.45) is 0 Å². The molecule has 0 saturated heterocycles. The molecular weight excluding hydrogens is 376 g/mol. The van der Waals surface area contributed by atoms with Gasteiger partial charge in [0, 0.05) is 6.08 Å². The predicted molar refractivity (Wildman–Crippen MR) is 111 cm³/mol. The van der Waals surface area contributed by atoms with Crippen LogP contribution in [0.4, 0.5) is 5.13 Å². The topological polar surface area (TPSA) is 77.5 Å². The summed E-state index contributed by atoms with van der Waals surface area (Å²) < 4.78 is 11.2. The number of esters is 1. The highest BCUT2D eigenvalue weighted by Crippen LogP contribution is 2.27. The maximum absolute atomic E-state index is 12.2. The molecule has 0 fully saturated rings. The Kier molecular flexibility index (Phi) is 6.39. The Morgan fingerprint density at radius 3 is 2.61 bits per heavy atom. The van der Waals surface area contributed by atoms with E-state index < -0.39 is 0 Å². The van der Waals surface area contributed by atoms with Crippen molar-refractivity contribution in [3.05, 3.63) is 59.7 Å². The van der Waals surface area contributed by atoms with Gasteiger partial charge in [-0.1, -0.05) is 23.5 Å². The third-order valence-corrected chi connectivity index (χ3v) is 4.68. The molecule has 0 saturated carbocycles. The van der Waals surface area contributed by atoms with Crippen molar-refractivity contribution < 1.29 is 19.1 Å². The second-order valence-electron chi connectivity index (χ2n) is 5.75. The predicted octanol–water partition coefficient (Wildman–Crippen LogP) is 4.52. The number of ether oxygens (including phenoxy) is 2. The van der Waals surface area contributed by atoms with E-state index in [2.05, 4.69) is 10.3 Å². The summed E-state index contributed by atoms with van der Waals surface area (Å²) in [6, 6.07) is 12.6. The van der Waals surface area contributed by atoms with Crippen molar-refractivity contribution in [3.8, 4) is 5.75 Å². The van der Waals surface area contributed by atoms with Crippen molar-refractivity contribution in [3.63, 3.8) is 0 Å². The van der Waals surface area contributed by atoms with Crippen LogP contribution >= 0.6 is 11.3 Å². The van der Waals surface area contributed by atoms with E-state index in [0.29, 0.717) is 29.4 Å². The van der Waals surface area contributed by atoms with E-state index in [1.807, 2.05) is 31.2 Å². The Labute approximate surface area is 166 Å². The first-order valence-electron chi connectivity index (χ1n) is 8.88. The van der Waals surface area contributed by atoms with Crippen LogP contribution in [0.25, 0.3) is 16.3 Å². The zero-order valence-corrected chi connectivity index (χ0v) is 16.4. The minimum absolute atomic E-state index is 0.279. The van der Waals surface area contributed by atoms with E-state index in [-0.39, 0.29) is 11.9 Å². The molecule has 28 heavy (non-hydrogen) atoms. The molecule has 1 heterocycles. The fourth-order valence-electron chi connectivity index (χ4n) is 2.48. The Morgan fingerprint density at radius 1 is 1.11 bits per heavy atom. The van der Waals surface area contributed by atoms with Crippen LogP contribution in [0.1, 0.15) is 29.8 Å². The molecule has 0 aliphatic heterocycles. The van der Waals surface area contributed by atoms with E-state index in [9.17, 15) is 9.59 Å². The molecule has 0 aliphatic rings. The first-order valence-corrected chi connectivity index (χ1v) is 9.70. The maximum Gasteiger partial charge on any atom is 0.338 e. The van der Waals surface area contributed by atoms with Crippen molar-refractivity contribution in [2.75, 3.05) is 18.5 Å². The summed E-state index contributed by atoms with van der Waals surface area (Å²) >= 11 is 1.30. The first kappa shape index (κ1) is 19.6. The van der Waals surface area contributed by atoms with Crippen LogP contribution in [-0.2, 0) is 9.53 Å². The summed E-state index contributed by atoms with van der Waals surface area (Å²) in [6.07, 6.45) is 3.17. The second-order valence-corrected chi connectivity index (χ2v) is 6.78. The quantitative estimate of drug-likeness (QED) is 0.469. The highest BCUT2D eigenvalue weighted by molar-refractivity contribution is 7.22. The van der Waals surface area contributed by atoms with Gasteiger partial charge in [-0.15, -0.1) is 0 Å². The number of rotatable bonds is 7. The third kappa shape index (κ3) is 4.95. The molecule has 2 aromatic carbocycles. The van der Waals surface area contributed by atoms with Crippen molar-refractivity contribution in [1.82, 2.24) is 4.98 Å². The number of carbonyl (C=O) groups excluding carboxylic acids is 2. The van der Waals surface area contributed by atoms with E-state index in [0.717, 1.165) is 16.0 Å². The van der Waals surface area contributed by atoms with Crippen molar-refractivity contribution in [2.45, 2.75) is 13.8 Å². The maximum atomic E-state index is 12.2. The molecule has 1 aromatic heterocycles. The number of thiazole rings is 1. The number of benzene rings is 2. The van der Waals surface area contributed by atoms with Gasteiger partial charge in [-0.05, 0) is 55.8 Å². The van der Waals surface area contributed by atoms with Gasteiger partial charge in [-0.3, -0.25) is 10.1 Å². The lowest BCUT2D eigenvalue weighted by Gasteiger charge is -2.02. The van der Waals surface area contributed by atoms with Crippen LogP contribution in [0.2, 0.25) is 0 Å². The average molecular weight is 396 g/mol. The number of amides is 1. The summed E-state index contributed by atoms with van der Waals surface area (Å²) in [6.45, 7) is 4.62.